The molecule has 0 aliphatic carbocycles. The van der Waals surface area contributed by atoms with E-state index in [-0.39, 0.29) is 17.1 Å². The Morgan fingerprint density at radius 2 is 1.79 bits per heavy atom. The smallest absolute Gasteiger partial charge is 0.416 e. The summed E-state index contributed by atoms with van der Waals surface area (Å²) in [4.78, 5) is 22.7. The Hall–Kier alpha value is -1.85. The summed E-state index contributed by atoms with van der Waals surface area (Å²) in [7, 11) is 0. The number of ether oxygens (including phenoxy) is 1. The highest BCUT2D eigenvalue weighted by atomic mass is 19.4. The molecule has 1 rings (SSSR count). The predicted molar refractivity (Wildman–Crippen MR) is 61.9 cm³/mol. The van der Waals surface area contributed by atoms with Gasteiger partial charge in [0.05, 0.1) is 11.1 Å². The topological polar surface area (TPSA) is 43.4 Å². The minimum absolute atomic E-state index is 0.0294. The summed E-state index contributed by atoms with van der Waals surface area (Å²) in [6.45, 7) is 4.28. The maximum absolute atomic E-state index is 12.6. The first-order valence-corrected chi connectivity index (χ1v) is 5.56. The Bertz CT molecular complexity index is 504. The van der Waals surface area contributed by atoms with Gasteiger partial charge in [-0.05, 0) is 18.2 Å². The monoisotopic (exact) mass is 274 g/mol. The lowest BCUT2D eigenvalue weighted by atomic mass is 9.99. The lowest BCUT2D eigenvalue weighted by molar-refractivity contribution is -0.138. The highest BCUT2D eigenvalue weighted by Crippen LogP contribution is 2.33. The van der Waals surface area contributed by atoms with E-state index in [4.69, 9.17) is 4.74 Å². The standard InChI is InChI=1S/C13H13F3O3/c1-7(2)12(18)10-5-4-9(13(14,15)16)6-11(10)19-8(3)17/h4-7H,1-3H3. The van der Waals surface area contributed by atoms with Crippen molar-refractivity contribution in [2.75, 3.05) is 0 Å². The van der Waals surface area contributed by atoms with Gasteiger partial charge < -0.3 is 4.74 Å². The first-order chi connectivity index (χ1) is 8.62. The number of carbonyl (C=O) groups is 2. The second kappa shape index (κ2) is 5.42. The third-order valence-electron chi connectivity index (χ3n) is 2.35. The molecule has 0 amide bonds. The van der Waals surface area contributed by atoms with Crippen molar-refractivity contribution in [1.82, 2.24) is 0 Å². The fourth-order valence-corrected chi connectivity index (χ4v) is 1.45. The fourth-order valence-electron chi connectivity index (χ4n) is 1.45. The molecular formula is C13H13F3O3. The van der Waals surface area contributed by atoms with Gasteiger partial charge in [-0.2, -0.15) is 13.2 Å². The quantitative estimate of drug-likeness (QED) is 0.481. The van der Waals surface area contributed by atoms with Crippen molar-refractivity contribution in [3.05, 3.63) is 29.3 Å². The molecule has 0 aromatic heterocycles. The molecule has 0 unspecified atom stereocenters. The SMILES string of the molecule is CC(=O)Oc1cc(C(F)(F)F)ccc1C(=O)C(C)C. The zero-order valence-electron chi connectivity index (χ0n) is 10.7. The van der Waals surface area contributed by atoms with Crippen molar-refractivity contribution in [2.45, 2.75) is 26.9 Å². The maximum Gasteiger partial charge on any atom is 0.416 e. The molecule has 6 heteroatoms. The van der Waals surface area contributed by atoms with Crippen molar-refractivity contribution < 1.29 is 27.5 Å². The first kappa shape index (κ1) is 15.2. The summed E-state index contributed by atoms with van der Waals surface area (Å²) in [6, 6.07) is 2.49. The molecule has 1 aromatic carbocycles. The number of halogens is 3. The van der Waals surface area contributed by atoms with Crippen molar-refractivity contribution in [3.8, 4) is 5.75 Å². The van der Waals surface area contributed by atoms with Gasteiger partial charge >= 0.3 is 12.1 Å². The van der Waals surface area contributed by atoms with E-state index in [1.54, 1.807) is 13.8 Å². The van der Waals surface area contributed by atoms with Crippen LogP contribution in [-0.4, -0.2) is 11.8 Å². The number of alkyl halides is 3. The Labute approximate surface area is 108 Å². The van der Waals surface area contributed by atoms with Crippen molar-refractivity contribution in [2.24, 2.45) is 5.92 Å². The van der Waals surface area contributed by atoms with Crippen molar-refractivity contribution in [3.63, 3.8) is 0 Å². The number of hydrogen-bond acceptors (Lipinski definition) is 3. The summed E-state index contributed by atoms with van der Waals surface area (Å²) >= 11 is 0. The molecule has 3 nitrogen and oxygen atoms in total. The molecule has 0 fully saturated rings. The van der Waals surface area contributed by atoms with E-state index < -0.39 is 23.6 Å². The summed E-state index contributed by atoms with van der Waals surface area (Å²) in [6.07, 6.45) is -4.56. The molecule has 104 valence electrons. The number of ketones is 1. The van der Waals surface area contributed by atoms with Gasteiger partial charge in [-0.1, -0.05) is 13.8 Å². The van der Waals surface area contributed by atoms with Crippen LogP contribution in [0.25, 0.3) is 0 Å². The van der Waals surface area contributed by atoms with Gasteiger partial charge in [0.15, 0.2) is 5.78 Å². The van der Waals surface area contributed by atoms with E-state index in [9.17, 15) is 22.8 Å². The van der Waals surface area contributed by atoms with Crippen LogP contribution in [0.4, 0.5) is 13.2 Å². The van der Waals surface area contributed by atoms with E-state index in [0.29, 0.717) is 6.07 Å². The normalized spacial score (nSPS) is 11.5. The van der Waals surface area contributed by atoms with Crippen molar-refractivity contribution >= 4 is 11.8 Å². The molecule has 0 spiro atoms. The van der Waals surface area contributed by atoms with Gasteiger partial charge in [-0.3, -0.25) is 9.59 Å². The Morgan fingerprint density at radius 3 is 2.21 bits per heavy atom. The van der Waals surface area contributed by atoms with Gasteiger partial charge in [-0.25, -0.2) is 0 Å². The summed E-state index contributed by atoms with van der Waals surface area (Å²) in [5.41, 5.74) is -0.998. The minimum atomic E-state index is -4.56. The molecule has 0 aliphatic heterocycles. The Morgan fingerprint density at radius 1 is 1.21 bits per heavy atom. The zero-order chi connectivity index (χ0) is 14.8. The molecule has 1 aromatic rings. The number of hydrogen-bond donors (Lipinski definition) is 0. The molecule has 0 bridgehead atoms. The molecular weight excluding hydrogens is 261 g/mol. The molecule has 0 N–H and O–H groups in total. The van der Waals surface area contributed by atoms with Gasteiger partial charge in [0.2, 0.25) is 0 Å². The lowest BCUT2D eigenvalue weighted by Gasteiger charge is -2.13. The number of benzene rings is 1. The second-order valence-corrected chi connectivity index (χ2v) is 4.32. The van der Waals surface area contributed by atoms with Crippen LogP contribution in [0, 0.1) is 5.92 Å². The van der Waals surface area contributed by atoms with E-state index in [1.165, 1.54) is 0 Å². The van der Waals surface area contributed by atoms with E-state index in [2.05, 4.69) is 0 Å². The van der Waals surface area contributed by atoms with Gasteiger partial charge in [0.25, 0.3) is 0 Å². The summed E-state index contributed by atoms with van der Waals surface area (Å²) < 4.78 is 42.4. The van der Waals surface area contributed by atoms with Crippen molar-refractivity contribution in [1.29, 1.82) is 0 Å². The minimum Gasteiger partial charge on any atom is -0.426 e. The largest absolute Gasteiger partial charge is 0.426 e. The zero-order valence-corrected chi connectivity index (χ0v) is 10.7. The number of rotatable bonds is 3. The summed E-state index contributed by atoms with van der Waals surface area (Å²) in [5.74, 6) is -1.94. The molecule has 19 heavy (non-hydrogen) atoms. The van der Waals surface area contributed by atoms with E-state index >= 15 is 0 Å². The average molecular weight is 274 g/mol. The number of carbonyl (C=O) groups excluding carboxylic acids is 2. The highest BCUT2D eigenvalue weighted by molar-refractivity contribution is 6.00. The first-order valence-electron chi connectivity index (χ1n) is 5.56. The molecule has 0 radical (unpaired) electrons. The number of Topliss-reactive ketones (excluding diaryl/α,β-unsaturated/α-hetero) is 1. The lowest BCUT2D eigenvalue weighted by Crippen LogP contribution is -2.14. The van der Waals surface area contributed by atoms with Gasteiger partial charge in [0, 0.05) is 12.8 Å². The fraction of sp³-hybridized carbons (Fsp3) is 0.385. The van der Waals surface area contributed by atoms with Crippen LogP contribution >= 0.6 is 0 Å². The summed E-state index contributed by atoms with van der Waals surface area (Å²) in [5, 5.41) is 0. The maximum atomic E-state index is 12.6. The van der Waals surface area contributed by atoms with Gasteiger partial charge in [-0.15, -0.1) is 0 Å². The Balaban J connectivity index is 3.32. The third-order valence-corrected chi connectivity index (χ3v) is 2.35. The van der Waals surface area contributed by atoms with Gasteiger partial charge in [0.1, 0.15) is 5.75 Å². The van der Waals surface area contributed by atoms with Crippen LogP contribution in [0.3, 0.4) is 0 Å². The molecule has 0 aliphatic rings. The second-order valence-electron chi connectivity index (χ2n) is 4.32. The Kier molecular flexibility index (Phi) is 4.34. The molecule has 0 heterocycles. The van der Waals surface area contributed by atoms with Crippen LogP contribution in [0.2, 0.25) is 0 Å². The molecule has 0 saturated heterocycles. The van der Waals surface area contributed by atoms with Crippen LogP contribution in [0.1, 0.15) is 36.7 Å². The van der Waals surface area contributed by atoms with E-state index in [0.717, 1.165) is 19.1 Å². The third kappa shape index (κ3) is 3.81. The van der Waals surface area contributed by atoms with Crippen LogP contribution < -0.4 is 4.74 Å². The number of esters is 1. The van der Waals surface area contributed by atoms with Crippen LogP contribution in [-0.2, 0) is 11.0 Å². The van der Waals surface area contributed by atoms with Crippen LogP contribution in [0.5, 0.6) is 5.75 Å². The average Bonchev–Trinajstić information content (AvgIpc) is 2.25. The highest BCUT2D eigenvalue weighted by Gasteiger charge is 2.32. The van der Waals surface area contributed by atoms with E-state index in [1.807, 2.05) is 0 Å². The molecule has 0 atom stereocenters. The molecule has 0 saturated carbocycles. The predicted octanol–water partition coefficient (Wildman–Crippen LogP) is 3.47. The van der Waals surface area contributed by atoms with Crippen LogP contribution in [0.15, 0.2) is 18.2 Å².